The molecule has 2 aliphatic heterocycles. The molecule has 0 spiro atoms. The number of fused-ring (bicyclic) bond motifs is 1. The van der Waals surface area contributed by atoms with Crippen LogP contribution in [0, 0.1) is 0 Å². The predicted molar refractivity (Wildman–Crippen MR) is 73.0 cm³/mol. The summed E-state index contributed by atoms with van der Waals surface area (Å²) in [6.07, 6.45) is 2.65. The van der Waals surface area contributed by atoms with Gasteiger partial charge >= 0.3 is 0 Å². The van der Waals surface area contributed by atoms with Crippen LogP contribution in [0.15, 0.2) is 18.2 Å². The number of likely N-dealkylation sites (N-methyl/N-ethyl adjacent to an activating group) is 1. The molecule has 1 saturated heterocycles. The lowest BCUT2D eigenvalue weighted by Gasteiger charge is -2.22. The van der Waals surface area contributed by atoms with Crippen LogP contribution in [0.2, 0.25) is 0 Å². The molecule has 1 aromatic rings. The van der Waals surface area contributed by atoms with Crippen molar-refractivity contribution in [3.05, 3.63) is 29.3 Å². The summed E-state index contributed by atoms with van der Waals surface area (Å²) in [5.74, 6) is 1.10. The molecule has 0 saturated carbocycles. The zero-order chi connectivity index (χ0) is 12.4. The highest BCUT2D eigenvalue weighted by atomic mass is 16.5. The van der Waals surface area contributed by atoms with Crippen molar-refractivity contribution >= 4 is 0 Å². The van der Waals surface area contributed by atoms with E-state index in [1.54, 1.807) is 0 Å². The number of hydrogen-bond donors (Lipinski definition) is 1. The number of nitrogens with one attached hydrogen (secondary N) is 1. The van der Waals surface area contributed by atoms with E-state index in [-0.39, 0.29) is 0 Å². The van der Waals surface area contributed by atoms with E-state index in [1.807, 2.05) is 0 Å². The van der Waals surface area contributed by atoms with Crippen LogP contribution in [0.3, 0.4) is 0 Å². The molecule has 18 heavy (non-hydrogen) atoms. The second-order valence-corrected chi connectivity index (χ2v) is 5.24. The van der Waals surface area contributed by atoms with Gasteiger partial charge < -0.3 is 10.1 Å². The van der Waals surface area contributed by atoms with Crippen molar-refractivity contribution in [2.24, 2.45) is 0 Å². The van der Waals surface area contributed by atoms with Gasteiger partial charge in [-0.3, -0.25) is 4.90 Å². The molecule has 98 valence electrons. The largest absolute Gasteiger partial charge is 0.489 e. The van der Waals surface area contributed by atoms with Crippen molar-refractivity contribution in [1.82, 2.24) is 10.2 Å². The first-order valence-electron chi connectivity index (χ1n) is 7.07. The summed E-state index contributed by atoms with van der Waals surface area (Å²) in [7, 11) is 0. The molecular weight excluding hydrogens is 224 g/mol. The Morgan fingerprint density at radius 2 is 2.39 bits per heavy atom. The molecule has 0 bridgehead atoms. The Morgan fingerprint density at radius 1 is 1.44 bits per heavy atom. The lowest BCUT2D eigenvalue weighted by molar-refractivity contribution is 0.200. The first-order chi connectivity index (χ1) is 8.86. The van der Waals surface area contributed by atoms with Gasteiger partial charge in [-0.1, -0.05) is 19.1 Å². The Hall–Kier alpha value is -1.06. The summed E-state index contributed by atoms with van der Waals surface area (Å²) in [5, 5.41) is 3.44. The van der Waals surface area contributed by atoms with Crippen LogP contribution in [0.5, 0.6) is 5.75 Å². The van der Waals surface area contributed by atoms with Crippen LogP contribution in [-0.4, -0.2) is 37.2 Å². The smallest absolute Gasteiger partial charge is 0.124 e. The summed E-state index contributed by atoms with van der Waals surface area (Å²) in [4.78, 5) is 2.46. The van der Waals surface area contributed by atoms with Crippen molar-refractivity contribution < 1.29 is 4.74 Å². The minimum absolute atomic E-state index is 0.373. The monoisotopic (exact) mass is 246 g/mol. The fourth-order valence-electron chi connectivity index (χ4n) is 2.95. The zero-order valence-electron chi connectivity index (χ0n) is 11.1. The second kappa shape index (κ2) is 5.29. The van der Waals surface area contributed by atoms with Crippen molar-refractivity contribution in [2.75, 3.05) is 26.2 Å². The van der Waals surface area contributed by atoms with Crippen LogP contribution in [0.25, 0.3) is 0 Å². The van der Waals surface area contributed by atoms with E-state index in [1.165, 1.54) is 17.7 Å². The number of nitrogens with zero attached hydrogens (tertiary/aromatic N) is 1. The lowest BCUT2D eigenvalue weighted by atomic mass is 10.0. The summed E-state index contributed by atoms with van der Waals surface area (Å²) in [6.45, 7) is 7.65. The molecule has 2 heterocycles. The summed E-state index contributed by atoms with van der Waals surface area (Å²) in [5.41, 5.74) is 2.83. The average molecular weight is 246 g/mol. The Bertz CT molecular complexity index is 419. The maximum atomic E-state index is 6.22. The Kier molecular flexibility index (Phi) is 3.52. The lowest BCUT2D eigenvalue weighted by Crippen LogP contribution is -2.27. The van der Waals surface area contributed by atoms with Gasteiger partial charge in [0.1, 0.15) is 11.9 Å². The fraction of sp³-hybridized carbons (Fsp3) is 0.600. The highest BCUT2D eigenvalue weighted by molar-refractivity contribution is 5.41. The van der Waals surface area contributed by atoms with E-state index in [9.17, 15) is 0 Å². The third-order valence-corrected chi connectivity index (χ3v) is 4.07. The van der Waals surface area contributed by atoms with Crippen molar-refractivity contribution in [1.29, 1.82) is 0 Å². The third-order valence-electron chi connectivity index (χ3n) is 4.07. The molecule has 1 atom stereocenters. The first kappa shape index (κ1) is 12.0. The SMILES string of the molecule is CCN1CCC(Oc2cccc3c2CNCC3)C1. The number of likely N-dealkylation sites (tertiary alicyclic amines) is 1. The quantitative estimate of drug-likeness (QED) is 0.880. The molecule has 1 N–H and O–H groups in total. The molecule has 3 nitrogen and oxygen atoms in total. The molecule has 0 radical (unpaired) electrons. The minimum atomic E-state index is 0.373. The van der Waals surface area contributed by atoms with Crippen LogP contribution in [0.4, 0.5) is 0 Å². The topological polar surface area (TPSA) is 24.5 Å². The summed E-state index contributed by atoms with van der Waals surface area (Å²) < 4.78 is 6.22. The molecule has 1 fully saturated rings. The van der Waals surface area contributed by atoms with Crippen molar-refractivity contribution in [3.63, 3.8) is 0 Å². The average Bonchev–Trinajstić information content (AvgIpc) is 2.87. The zero-order valence-corrected chi connectivity index (χ0v) is 11.1. The summed E-state index contributed by atoms with van der Waals surface area (Å²) >= 11 is 0. The fourth-order valence-corrected chi connectivity index (χ4v) is 2.95. The Labute approximate surface area is 109 Å². The molecule has 1 aromatic carbocycles. The van der Waals surface area contributed by atoms with E-state index < -0.39 is 0 Å². The van der Waals surface area contributed by atoms with Gasteiger partial charge in [0.2, 0.25) is 0 Å². The number of ether oxygens (including phenoxy) is 1. The minimum Gasteiger partial charge on any atom is -0.489 e. The van der Waals surface area contributed by atoms with Crippen LogP contribution in [-0.2, 0) is 13.0 Å². The van der Waals surface area contributed by atoms with E-state index in [2.05, 4.69) is 35.3 Å². The van der Waals surface area contributed by atoms with Gasteiger partial charge in [0.15, 0.2) is 0 Å². The number of rotatable bonds is 3. The maximum absolute atomic E-state index is 6.22. The van der Waals surface area contributed by atoms with E-state index in [0.29, 0.717) is 6.10 Å². The molecule has 3 rings (SSSR count). The Morgan fingerprint density at radius 3 is 3.22 bits per heavy atom. The van der Waals surface area contributed by atoms with Gasteiger partial charge in [0, 0.05) is 25.2 Å². The molecule has 3 heteroatoms. The first-order valence-corrected chi connectivity index (χ1v) is 7.07. The van der Waals surface area contributed by atoms with Gasteiger partial charge in [0.05, 0.1) is 0 Å². The molecule has 0 aromatic heterocycles. The molecule has 0 aliphatic carbocycles. The highest BCUT2D eigenvalue weighted by Crippen LogP contribution is 2.27. The van der Waals surface area contributed by atoms with Gasteiger partial charge in [0.25, 0.3) is 0 Å². The Balaban J connectivity index is 1.73. The number of benzene rings is 1. The molecular formula is C15H22N2O. The van der Waals surface area contributed by atoms with Crippen molar-refractivity contribution in [2.45, 2.75) is 32.4 Å². The molecule has 2 aliphatic rings. The van der Waals surface area contributed by atoms with Crippen LogP contribution in [0.1, 0.15) is 24.5 Å². The van der Waals surface area contributed by atoms with Crippen LogP contribution >= 0.6 is 0 Å². The van der Waals surface area contributed by atoms with E-state index in [4.69, 9.17) is 4.74 Å². The maximum Gasteiger partial charge on any atom is 0.124 e. The van der Waals surface area contributed by atoms with Gasteiger partial charge in [-0.2, -0.15) is 0 Å². The second-order valence-electron chi connectivity index (χ2n) is 5.24. The van der Waals surface area contributed by atoms with E-state index >= 15 is 0 Å². The van der Waals surface area contributed by atoms with E-state index in [0.717, 1.165) is 44.8 Å². The molecule has 0 amide bonds. The standard InChI is InChI=1S/C15H22N2O/c1-2-17-9-7-13(11-17)18-15-5-3-4-12-6-8-16-10-14(12)15/h3-5,13,16H,2,6-11H2,1H3. The van der Waals surface area contributed by atoms with Gasteiger partial charge in [-0.15, -0.1) is 0 Å². The normalized spacial score (nSPS) is 23.9. The number of hydrogen-bond acceptors (Lipinski definition) is 3. The predicted octanol–water partition coefficient (Wildman–Crippen LogP) is 1.81. The van der Waals surface area contributed by atoms with Gasteiger partial charge in [-0.05, 0) is 37.6 Å². The molecule has 1 unspecified atom stereocenters. The third kappa shape index (κ3) is 2.38. The van der Waals surface area contributed by atoms with Crippen LogP contribution < -0.4 is 10.1 Å². The summed E-state index contributed by atoms with van der Waals surface area (Å²) in [6, 6.07) is 6.49. The van der Waals surface area contributed by atoms with Gasteiger partial charge in [-0.25, -0.2) is 0 Å². The highest BCUT2D eigenvalue weighted by Gasteiger charge is 2.24. The van der Waals surface area contributed by atoms with Crippen molar-refractivity contribution in [3.8, 4) is 5.75 Å².